The number of ether oxygens (including phenoxy) is 1. The van der Waals surface area contributed by atoms with Crippen LogP contribution in [0.5, 0.6) is 0 Å². The van der Waals surface area contributed by atoms with Gasteiger partial charge in [0.05, 0.1) is 76.7 Å². The summed E-state index contributed by atoms with van der Waals surface area (Å²) in [7, 11) is 0. The van der Waals surface area contributed by atoms with Crippen molar-refractivity contribution in [3.63, 3.8) is 0 Å². The molecule has 6 aliphatic rings. The monoisotopic (exact) mass is 2120 g/mol. The third kappa shape index (κ3) is 33.9. The van der Waals surface area contributed by atoms with Crippen LogP contribution in [0.2, 0.25) is 0 Å². The Morgan fingerprint density at radius 2 is 0.687 bits per heavy atom. The molecule has 0 bridgehead atoms. The van der Waals surface area contributed by atoms with Crippen molar-refractivity contribution >= 4 is 129 Å². The fraction of sp³-hybridized carbons (Fsp3) is 0.534. The van der Waals surface area contributed by atoms with Gasteiger partial charge in [-0.15, -0.1) is 22.7 Å². The van der Waals surface area contributed by atoms with Gasteiger partial charge in [-0.3, -0.25) is 86.3 Å². The van der Waals surface area contributed by atoms with Crippen molar-refractivity contribution in [2.75, 3.05) is 91.8 Å². The summed E-state index contributed by atoms with van der Waals surface area (Å²) in [5.74, 6) is -10.7. The van der Waals surface area contributed by atoms with Gasteiger partial charge in [0.1, 0.15) is 79.1 Å². The van der Waals surface area contributed by atoms with Gasteiger partial charge in [-0.2, -0.15) is 0 Å². The van der Waals surface area contributed by atoms with E-state index in [0.717, 1.165) is 43.4 Å². The molecule has 6 saturated heterocycles. The van der Waals surface area contributed by atoms with E-state index in [2.05, 4.69) is 89.7 Å². The largest absolute Gasteiger partial charge is 0.391 e. The number of nitrogens with one attached hydrogen (secondary N) is 15. The molecule has 150 heavy (non-hydrogen) atoms. The van der Waals surface area contributed by atoms with Gasteiger partial charge >= 0.3 is 0 Å². The summed E-state index contributed by atoms with van der Waals surface area (Å²) in [5, 5.41) is 71.6. The number of aryl methyl sites for hydroxylation is 2. The number of hydrogen-bond donors (Lipinski definition) is 21. The van der Waals surface area contributed by atoms with Crippen molar-refractivity contribution in [1.29, 1.82) is 0 Å². The first-order valence-corrected chi connectivity index (χ1v) is 52.0. The van der Waals surface area contributed by atoms with Gasteiger partial charge in [0.2, 0.25) is 106 Å². The average Bonchev–Trinajstić information content (AvgIpc) is 1.64. The van der Waals surface area contributed by atoms with E-state index < -0.39 is 228 Å². The molecule has 1 unspecified atom stereocenters. The summed E-state index contributed by atoms with van der Waals surface area (Å²) in [6.07, 6.45) is 0.394. The molecular formula is C103H143N23O22S2. The van der Waals surface area contributed by atoms with E-state index in [1.165, 1.54) is 37.4 Å². The zero-order chi connectivity index (χ0) is 110. The van der Waals surface area contributed by atoms with Crippen molar-refractivity contribution in [2.24, 2.45) is 33.4 Å². The molecule has 4 aromatic carbocycles. The maximum atomic E-state index is 14.0. The number of nitrogens with zero attached hydrogens (tertiary/aromatic N) is 5. The molecule has 6 aromatic rings. The summed E-state index contributed by atoms with van der Waals surface area (Å²) < 4.78 is 5.38. The first-order chi connectivity index (χ1) is 71.1. The average molecular weight is 2120 g/mol. The molecule has 15 atom stereocenters. The van der Waals surface area contributed by atoms with Crippen LogP contribution in [0.15, 0.2) is 114 Å². The number of fused-ring (bicyclic) bond motifs is 3. The highest BCUT2D eigenvalue weighted by Gasteiger charge is 2.50. The van der Waals surface area contributed by atoms with E-state index >= 15 is 0 Å². The maximum Gasteiger partial charge on any atom is 0.247 e. The minimum Gasteiger partial charge on any atom is -0.391 e. The molecule has 814 valence electrons. The highest BCUT2D eigenvalue weighted by molar-refractivity contribution is 7.13. The first-order valence-electron chi connectivity index (χ1n) is 50.3. The van der Waals surface area contributed by atoms with Crippen LogP contribution in [0.4, 0.5) is 0 Å². The Labute approximate surface area is 878 Å². The van der Waals surface area contributed by atoms with Crippen LogP contribution in [-0.4, -0.2) is 317 Å². The first kappa shape index (κ1) is 118. The van der Waals surface area contributed by atoms with Crippen LogP contribution in [-0.2, 0) is 97.5 Å². The molecule has 24 N–H and O–H groups in total. The molecule has 47 heteroatoms. The van der Waals surface area contributed by atoms with Crippen LogP contribution in [0.25, 0.3) is 32.0 Å². The summed E-state index contributed by atoms with van der Waals surface area (Å²) in [5.41, 5.74) is 25.2. The molecular weight excluding hydrogens is 1980 g/mol. The third-order valence-electron chi connectivity index (χ3n) is 26.1. The van der Waals surface area contributed by atoms with Gasteiger partial charge in [0, 0.05) is 97.4 Å². The number of amides is 18. The number of carbonyl (C=O) groups excluding carboxylic acids is 18. The van der Waals surface area contributed by atoms with Crippen LogP contribution < -0.4 is 97.0 Å². The Bertz CT molecular complexity index is 5510. The van der Waals surface area contributed by atoms with Gasteiger partial charge in [-0.25, -0.2) is 9.97 Å². The van der Waals surface area contributed by atoms with Gasteiger partial charge in [-0.1, -0.05) is 178 Å². The predicted molar refractivity (Wildman–Crippen MR) is 555 cm³/mol. The lowest BCUT2D eigenvalue weighted by Crippen LogP contribution is -2.59. The minimum absolute atomic E-state index is 0.00594. The van der Waals surface area contributed by atoms with Crippen molar-refractivity contribution in [3.8, 4) is 32.0 Å². The summed E-state index contributed by atoms with van der Waals surface area (Å²) in [4.78, 5) is 254. The summed E-state index contributed by atoms with van der Waals surface area (Å²) in [6.45, 7) is 17.4. The standard InChI is InChI=1S/C35H47N7O8.2C34H48N8O7S/c1-35(2,3)30-34(49)42-19-24(43)16-27(42)33(48)40-25(15-21-9-11-23(12-10-21)22-7-5-4-6-8-22)31(46)38-18-28(44)39-26(17-36)32(47)37-13-14-50-20-29(45)41-30;2*1-19-28(50-18-38-19)21-11-9-20(10-12-21)27-32(48)37-16-26(45)39-23(15-35)30(46)36-13-7-5-6-8-25(44)40-29(34(2,3)4)33(49)42-17-22(43)14-24(42)31(47)41-27/h4-12,24-27,30,43H,13-20,36H2,1-3H3,(H,37,47)(H,38,46)(H,39,44)(H,40,48)(H,41,45);2*9-12,18,22-24,27,29,43H,5-8,13-17,35H2,1-4H3,(H,36,46)(H,37,48)(H,39,45)(H,40,44)(H,41,47)/t24-,25-,26-,27+,30-;22-,23-,24+,27?,29-;22-,23-,24+,27-,29-/m111/s1. The van der Waals surface area contributed by atoms with Crippen LogP contribution in [0.3, 0.4) is 0 Å². The topological polar surface area (TPSA) is 671 Å². The Morgan fingerprint density at radius 3 is 1.04 bits per heavy atom. The molecule has 6 aliphatic heterocycles. The van der Waals surface area contributed by atoms with E-state index in [9.17, 15) is 102 Å². The second kappa shape index (κ2) is 55.2. The second-order valence-electron chi connectivity index (χ2n) is 41.0. The SMILES string of the molecule is CC(C)(C)[C@@H]1NC(=O)COCCNC(=O)[C@@H](CN)NC(=O)CNC(=O)[C@@H](Cc2ccc(-c3ccccc3)cc2)NC(=O)[C@@H]2C[C@@H](O)CN2C1=O.Cc1ncsc1-c1ccc(C2NC(=O)[C@@H]3C[C@@H](O)CN3C(=O)[C@H](C(C)(C)C)NC(=O)CCCCCNC(=O)[C@@H](CN)NC(=O)CNC2=O)cc1.Cc1ncsc1-c1ccc([C@H]2NC(=O)[C@@H]3C[C@@H](O)CN3C(=O)[C@H](C(C)(C)C)NC(=O)CCCCCNC(=O)[C@@H](CN)NC(=O)CNC2=O)cc1. The maximum absolute atomic E-state index is 14.0. The van der Waals surface area contributed by atoms with E-state index in [0.29, 0.717) is 68.3 Å². The van der Waals surface area contributed by atoms with Gasteiger partial charge in [0.25, 0.3) is 0 Å². The Morgan fingerprint density at radius 1 is 0.353 bits per heavy atom. The molecule has 45 nitrogen and oxygen atoms in total. The van der Waals surface area contributed by atoms with Crippen LogP contribution in [0, 0.1) is 30.1 Å². The number of aromatic nitrogens is 2. The molecule has 6 fully saturated rings. The lowest BCUT2D eigenvalue weighted by molar-refractivity contribution is -0.145. The zero-order valence-corrected chi connectivity index (χ0v) is 88.0. The van der Waals surface area contributed by atoms with Crippen molar-refractivity contribution < 1.29 is 106 Å². The van der Waals surface area contributed by atoms with Crippen LogP contribution in [0.1, 0.15) is 173 Å². The quantitative estimate of drug-likeness (QED) is 0.0751. The summed E-state index contributed by atoms with van der Waals surface area (Å²) in [6, 6.07) is 17.5. The molecule has 8 heterocycles. The van der Waals surface area contributed by atoms with E-state index in [4.69, 9.17) is 21.9 Å². The fourth-order valence-corrected chi connectivity index (χ4v) is 19.4. The third-order valence-corrected chi connectivity index (χ3v) is 28.0. The smallest absolute Gasteiger partial charge is 0.247 e. The Kier molecular flexibility index (Phi) is 43.5. The molecule has 0 saturated carbocycles. The molecule has 12 rings (SSSR count). The highest BCUT2D eigenvalue weighted by Crippen LogP contribution is 2.35. The summed E-state index contributed by atoms with van der Waals surface area (Å²) >= 11 is 2.92. The van der Waals surface area contributed by atoms with Gasteiger partial charge in [0.15, 0.2) is 0 Å². The van der Waals surface area contributed by atoms with Crippen molar-refractivity contribution in [1.82, 2.24) is 104 Å². The normalized spacial score (nSPS) is 25.5. The second-order valence-corrected chi connectivity index (χ2v) is 42.8. The number of benzene rings is 4. The Hall–Kier alpha value is -13.7. The highest BCUT2D eigenvalue weighted by atomic mass is 32.1. The number of aliphatic hydroxyl groups excluding tert-OH is 3. The predicted octanol–water partition coefficient (Wildman–Crippen LogP) is -1.38. The number of thiazole rings is 2. The number of rotatable bonds is 10. The lowest BCUT2D eigenvalue weighted by Gasteiger charge is -2.35. The lowest BCUT2D eigenvalue weighted by atomic mass is 9.85. The van der Waals surface area contributed by atoms with E-state index in [-0.39, 0.29) is 103 Å². The molecule has 18 amide bonds. The van der Waals surface area contributed by atoms with E-state index in [1.54, 1.807) is 122 Å². The number of hydrogen-bond acceptors (Lipinski definition) is 29. The molecule has 0 spiro atoms. The Balaban J connectivity index is 0.000000230. The van der Waals surface area contributed by atoms with Gasteiger partial charge in [-0.05, 0) is 94.7 Å². The fourth-order valence-electron chi connectivity index (χ4n) is 17.7. The number of aliphatic hydroxyl groups is 3. The molecule has 2 aromatic heterocycles. The number of nitrogens with two attached hydrogens (primary N) is 3. The zero-order valence-electron chi connectivity index (χ0n) is 86.4. The molecule has 0 radical (unpaired) electrons. The van der Waals surface area contributed by atoms with Gasteiger partial charge < -0.3 is 132 Å². The van der Waals surface area contributed by atoms with Crippen molar-refractivity contribution in [2.45, 2.75) is 244 Å². The van der Waals surface area contributed by atoms with E-state index in [1.807, 2.05) is 68.4 Å². The number of carbonyl (C=O) groups is 18. The van der Waals surface area contributed by atoms with Crippen LogP contribution >= 0.6 is 22.7 Å². The minimum atomic E-state index is -1.30. The van der Waals surface area contributed by atoms with Crippen molar-refractivity contribution in [3.05, 3.63) is 142 Å². The molecule has 0 aliphatic carbocycles.